The molecule has 0 spiro atoms. The van der Waals surface area contributed by atoms with Crippen molar-refractivity contribution in [2.24, 2.45) is 5.73 Å². The number of nitrogens with zero attached hydrogens (tertiary/aromatic N) is 4. The number of hydroxylamine groups is 4. The van der Waals surface area contributed by atoms with Crippen LogP contribution in [0.1, 0.15) is 44.9 Å². The molecule has 0 radical (unpaired) electrons. The highest BCUT2D eigenvalue weighted by Gasteiger charge is 2.35. The molecule has 3 saturated heterocycles. The number of hydrogen-bond acceptors (Lipinski definition) is 17. The Morgan fingerprint density at radius 2 is 1.23 bits per heavy atom. The number of likely N-dealkylation sites (tertiary alicyclic amines) is 1. The number of imide groups is 4. The Labute approximate surface area is 312 Å². The van der Waals surface area contributed by atoms with Gasteiger partial charge >= 0.3 is 5.97 Å². The SMILES string of the molecule is CN.CN1C(=O)C=CC1=O.CNC(=O)CCOC.COCCC(=O)ON1C(=O)CCC1=O.CS.CSC1CC(=O)N(C)C1=O.O=C1CCC(=O)N1O. The first-order chi connectivity index (χ1) is 24.5. The summed E-state index contributed by atoms with van der Waals surface area (Å²) in [6.45, 7) is 0.703. The number of amides is 9. The van der Waals surface area contributed by atoms with Gasteiger partial charge in [-0.05, 0) is 19.6 Å². The quantitative estimate of drug-likeness (QED) is 0.126. The van der Waals surface area contributed by atoms with Gasteiger partial charge in [0.25, 0.3) is 35.4 Å². The zero-order chi connectivity index (χ0) is 41.0. The highest BCUT2D eigenvalue weighted by atomic mass is 32.2. The lowest BCUT2D eigenvalue weighted by Gasteiger charge is -2.11. The fourth-order valence-corrected chi connectivity index (χ4v) is 3.92. The first kappa shape index (κ1) is 52.1. The van der Waals surface area contributed by atoms with Crippen molar-refractivity contribution in [2.45, 2.75) is 50.2 Å². The minimum atomic E-state index is -0.643. The molecule has 4 heterocycles. The van der Waals surface area contributed by atoms with Crippen LogP contribution in [0, 0.1) is 0 Å². The van der Waals surface area contributed by atoms with Crippen LogP contribution in [-0.4, -0.2) is 158 Å². The summed E-state index contributed by atoms with van der Waals surface area (Å²) in [7, 11) is 9.10. The van der Waals surface area contributed by atoms with Crippen molar-refractivity contribution in [1.29, 1.82) is 0 Å². The van der Waals surface area contributed by atoms with Gasteiger partial charge in [0.05, 0.1) is 24.9 Å². The van der Waals surface area contributed by atoms with E-state index in [-0.39, 0.29) is 78.6 Å². The number of rotatable bonds is 8. The first-order valence-electron chi connectivity index (χ1n) is 15.2. The lowest BCUT2D eigenvalue weighted by Crippen LogP contribution is -2.32. The Morgan fingerprint density at radius 1 is 0.808 bits per heavy atom. The fraction of sp³-hybridized carbons (Fsp3) is 0.600. The van der Waals surface area contributed by atoms with Crippen LogP contribution >= 0.6 is 24.4 Å². The number of nitrogens with one attached hydrogen (secondary N) is 1. The Balaban J connectivity index is -0.000000573. The fourth-order valence-electron chi connectivity index (χ4n) is 3.26. The maximum absolute atomic E-state index is 11.0. The highest BCUT2D eigenvalue weighted by Crippen LogP contribution is 2.21. The molecule has 22 heteroatoms. The molecular weight excluding hydrogens is 732 g/mol. The summed E-state index contributed by atoms with van der Waals surface area (Å²) in [6.07, 6.45) is 7.40. The zero-order valence-corrected chi connectivity index (χ0v) is 32.3. The number of likely N-dealkylation sites (N-methyl/N-ethyl adjacent to an activating group) is 1. The average molecular weight is 783 g/mol. The standard InChI is InChI=1S/C8H11NO5.C6H9NO2S.C5H5NO2.C5H11NO2.C4H5NO3.CH5N.CH4S/c1-13-5-4-8(12)14-9-6(10)2-3-7(9)11;1-7-5(8)3-4(10-2)6(7)9;1-6-4(7)2-3-5(6)8;1-6-5(7)3-4-8-2;6-3-1-2-4(7)5(3)8;2*1-2/h2-5H2,1H3;4H,3H2,1-2H3;2-3H,1H3;3-4H2,1-2H3,(H,6,7);8H,1-2H2;2H2,1H3;2H,1H3. The van der Waals surface area contributed by atoms with Crippen LogP contribution in [0.25, 0.3) is 0 Å². The second-order valence-electron chi connectivity index (χ2n) is 9.59. The highest BCUT2D eigenvalue weighted by molar-refractivity contribution is 8.00. The van der Waals surface area contributed by atoms with Gasteiger partial charge in [0.2, 0.25) is 17.7 Å². The number of methoxy groups -OCH3 is 2. The average Bonchev–Trinajstić information content (AvgIpc) is 3.83. The molecule has 4 rings (SSSR count). The monoisotopic (exact) mass is 782 g/mol. The number of nitrogens with two attached hydrogens (primary N) is 1. The molecule has 0 aromatic heterocycles. The predicted octanol–water partition coefficient (Wildman–Crippen LogP) is -1.31. The van der Waals surface area contributed by atoms with Crippen molar-refractivity contribution in [2.75, 3.05) is 68.1 Å². The summed E-state index contributed by atoms with van der Waals surface area (Å²) < 4.78 is 9.29. The summed E-state index contributed by atoms with van der Waals surface area (Å²) in [5.74, 6) is -3.18. The normalized spacial score (nSPS) is 16.9. The topological polar surface area (TPSA) is 270 Å². The number of thiol groups is 1. The summed E-state index contributed by atoms with van der Waals surface area (Å²) in [5.41, 5.74) is 4.50. The molecule has 0 aromatic carbocycles. The minimum absolute atomic E-state index is 0.0202. The van der Waals surface area contributed by atoms with Gasteiger partial charge in [-0.15, -0.1) is 5.06 Å². The Kier molecular flexibility index (Phi) is 30.5. The molecule has 20 nitrogen and oxygen atoms in total. The molecule has 9 amide bonds. The molecule has 4 aliphatic rings. The van der Waals surface area contributed by atoms with E-state index in [1.54, 1.807) is 20.4 Å². The molecule has 0 saturated carbocycles. The van der Waals surface area contributed by atoms with Gasteiger partial charge < -0.3 is 25.4 Å². The van der Waals surface area contributed by atoms with Crippen molar-refractivity contribution in [3.05, 3.63) is 12.2 Å². The van der Waals surface area contributed by atoms with Gasteiger partial charge in [-0.1, -0.05) is 0 Å². The molecule has 0 aromatic rings. The lowest BCUT2D eigenvalue weighted by atomic mass is 10.4. The molecule has 52 heavy (non-hydrogen) atoms. The summed E-state index contributed by atoms with van der Waals surface area (Å²) in [6, 6.07) is 0. The van der Waals surface area contributed by atoms with Gasteiger partial charge in [-0.3, -0.25) is 58.2 Å². The molecule has 1 unspecified atom stereocenters. The third-order valence-corrected chi connectivity index (χ3v) is 7.14. The van der Waals surface area contributed by atoms with Gasteiger partial charge in [-0.25, -0.2) is 4.79 Å². The van der Waals surface area contributed by atoms with Gasteiger partial charge in [0, 0.05) is 86.0 Å². The van der Waals surface area contributed by atoms with Crippen molar-refractivity contribution in [1.82, 2.24) is 25.2 Å². The second kappa shape index (κ2) is 30.4. The van der Waals surface area contributed by atoms with Crippen LogP contribution < -0.4 is 11.1 Å². The van der Waals surface area contributed by atoms with Crippen LogP contribution in [0.3, 0.4) is 0 Å². The Hall–Kier alpha value is -4.22. The summed E-state index contributed by atoms with van der Waals surface area (Å²) in [5, 5.41) is 11.4. The summed E-state index contributed by atoms with van der Waals surface area (Å²) >= 11 is 4.96. The molecular formula is C30H50N6O14S2. The predicted molar refractivity (Wildman–Crippen MR) is 189 cm³/mol. The first-order valence-corrected chi connectivity index (χ1v) is 17.4. The van der Waals surface area contributed by atoms with Crippen LogP contribution in [-0.2, 0) is 62.3 Å². The van der Waals surface area contributed by atoms with Crippen LogP contribution in [0.2, 0.25) is 0 Å². The third-order valence-electron chi connectivity index (χ3n) is 6.20. The van der Waals surface area contributed by atoms with E-state index in [0.29, 0.717) is 24.5 Å². The number of thioether (sulfide) groups is 1. The van der Waals surface area contributed by atoms with Crippen molar-refractivity contribution in [3.8, 4) is 0 Å². The van der Waals surface area contributed by atoms with Crippen LogP contribution in [0.15, 0.2) is 12.2 Å². The van der Waals surface area contributed by atoms with E-state index in [9.17, 15) is 47.9 Å². The maximum atomic E-state index is 11.0. The molecule has 4 N–H and O–H groups in total. The summed E-state index contributed by atoms with van der Waals surface area (Å²) in [4.78, 5) is 113. The molecule has 296 valence electrons. The number of carbonyl (C=O) groups is 10. The van der Waals surface area contributed by atoms with Gasteiger partial charge in [0.15, 0.2) is 0 Å². The molecule has 0 bridgehead atoms. The van der Waals surface area contributed by atoms with E-state index >= 15 is 0 Å². The maximum Gasteiger partial charge on any atom is 0.335 e. The molecule has 1 atom stereocenters. The molecule has 3 fully saturated rings. The van der Waals surface area contributed by atoms with E-state index < -0.39 is 29.6 Å². The van der Waals surface area contributed by atoms with Gasteiger partial charge in [-0.2, -0.15) is 29.5 Å². The third kappa shape index (κ3) is 20.6. The van der Waals surface area contributed by atoms with E-state index in [1.807, 2.05) is 6.26 Å². The number of hydrogen-bond donors (Lipinski definition) is 4. The second-order valence-corrected chi connectivity index (χ2v) is 10.6. The molecule has 0 aliphatic carbocycles. The van der Waals surface area contributed by atoms with Crippen molar-refractivity contribution >= 4 is 83.5 Å². The van der Waals surface area contributed by atoms with Gasteiger partial charge in [0.1, 0.15) is 0 Å². The Morgan fingerprint density at radius 3 is 1.50 bits per heavy atom. The number of ether oxygens (including phenoxy) is 2. The largest absolute Gasteiger partial charge is 0.384 e. The number of carbonyl (C=O) groups excluding carboxylic acids is 10. The Bertz CT molecular complexity index is 1220. The lowest BCUT2D eigenvalue weighted by molar-refractivity contribution is -0.198. The van der Waals surface area contributed by atoms with Crippen molar-refractivity contribution < 1.29 is 67.5 Å². The van der Waals surface area contributed by atoms with Crippen LogP contribution in [0.4, 0.5) is 0 Å². The van der Waals surface area contributed by atoms with E-state index in [0.717, 1.165) is 4.90 Å². The smallest absolute Gasteiger partial charge is 0.335 e. The minimum Gasteiger partial charge on any atom is -0.384 e. The zero-order valence-electron chi connectivity index (χ0n) is 30.6. The molecule has 4 aliphatic heterocycles. The van der Waals surface area contributed by atoms with Crippen LogP contribution in [0.5, 0.6) is 0 Å². The van der Waals surface area contributed by atoms with E-state index in [4.69, 9.17) is 5.21 Å². The van der Waals surface area contributed by atoms with E-state index in [1.165, 1.54) is 57.1 Å². The van der Waals surface area contributed by atoms with E-state index in [2.05, 4.69) is 38.0 Å². The van der Waals surface area contributed by atoms with Crippen molar-refractivity contribution in [3.63, 3.8) is 0 Å².